The number of imide groups is 1. The number of sulfonamides is 1. The number of benzene rings is 1. The molecule has 1 aromatic carbocycles. The fourth-order valence-electron chi connectivity index (χ4n) is 3.04. The normalized spacial score (nSPS) is 16.8. The average Bonchev–Trinajstić information content (AvgIpc) is 2.68. The molecule has 0 aliphatic carbocycles. The van der Waals surface area contributed by atoms with Crippen LogP contribution in [0.4, 0.5) is 9.59 Å². The van der Waals surface area contributed by atoms with E-state index in [2.05, 4.69) is 10.6 Å². The Morgan fingerprint density at radius 2 is 1.83 bits per heavy atom. The highest BCUT2D eigenvalue weighted by Crippen LogP contribution is 2.17. The van der Waals surface area contributed by atoms with Crippen molar-refractivity contribution in [1.29, 1.82) is 0 Å². The molecular formula is C20H30N4O5S. The Morgan fingerprint density at radius 3 is 2.47 bits per heavy atom. The summed E-state index contributed by atoms with van der Waals surface area (Å²) in [5.41, 5.74) is 0.820. The molecule has 0 aromatic heterocycles. The predicted octanol–water partition coefficient (Wildman–Crippen LogP) is 1.99. The summed E-state index contributed by atoms with van der Waals surface area (Å²) in [4.78, 5) is 37.0. The van der Waals surface area contributed by atoms with Crippen LogP contribution >= 0.6 is 0 Å². The minimum Gasteiger partial charge on any atom is -0.337 e. The third-order valence-corrected chi connectivity index (χ3v) is 6.23. The second-order valence-corrected chi connectivity index (χ2v) is 9.17. The van der Waals surface area contributed by atoms with Gasteiger partial charge in [-0.3, -0.25) is 9.69 Å². The van der Waals surface area contributed by atoms with Gasteiger partial charge in [0.2, 0.25) is 5.91 Å². The summed E-state index contributed by atoms with van der Waals surface area (Å²) in [7, 11) is -3.95. The van der Waals surface area contributed by atoms with Gasteiger partial charge in [0.25, 0.3) is 10.0 Å². The second-order valence-electron chi connectivity index (χ2n) is 7.48. The van der Waals surface area contributed by atoms with E-state index in [1.54, 1.807) is 12.1 Å². The lowest BCUT2D eigenvalue weighted by Gasteiger charge is -2.28. The van der Waals surface area contributed by atoms with Gasteiger partial charge < -0.3 is 10.6 Å². The van der Waals surface area contributed by atoms with E-state index in [4.69, 9.17) is 0 Å². The van der Waals surface area contributed by atoms with Crippen molar-refractivity contribution in [3.8, 4) is 0 Å². The van der Waals surface area contributed by atoms with Crippen molar-refractivity contribution in [2.24, 2.45) is 5.92 Å². The van der Waals surface area contributed by atoms with Gasteiger partial charge in [-0.05, 0) is 42.9 Å². The zero-order valence-corrected chi connectivity index (χ0v) is 18.3. The van der Waals surface area contributed by atoms with Crippen LogP contribution in [0.3, 0.4) is 0 Å². The number of nitrogens with one attached hydrogen (secondary N) is 3. The molecule has 1 heterocycles. The molecule has 2 rings (SSSR count). The van der Waals surface area contributed by atoms with E-state index in [0.29, 0.717) is 38.4 Å². The molecule has 5 amide bonds. The molecule has 30 heavy (non-hydrogen) atoms. The zero-order chi connectivity index (χ0) is 22.1. The Labute approximate surface area is 177 Å². The summed E-state index contributed by atoms with van der Waals surface area (Å²) in [6.07, 6.45) is 3.33. The van der Waals surface area contributed by atoms with Crippen molar-refractivity contribution in [3.05, 3.63) is 29.8 Å². The van der Waals surface area contributed by atoms with Gasteiger partial charge in [-0.1, -0.05) is 32.4 Å². The van der Waals surface area contributed by atoms with Gasteiger partial charge in [0.15, 0.2) is 0 Å². The molecule has 166 valence electrons. The first-order chi connectivity index (χ1) is 14.2. The van der Waals surface area contributed by atoms with Crippen molar-refractivity contribution in [2.75, 3.05) is 19.6 Å². The molecule has 1 unspecified atom stereocenters. The van der Waals surface area contributed by atoms with Crippen LogP contribution in [0.1, 0.15) is 45.1 Å². The van der Waals surface area contributed by atoms with Crippen LogP contribution in [0.2, 0.25) is 0 Å². The lowest BCUT2D eigenvalue weighted by molar-refractivity contribution is -0.131. The Hall–Kier alpha value is -2.62. The second kappa shape index (κ2) is 11.0. The summed E-state index contributed by atoms with van der Waals surface area (Å²) in [6, 6.07) is 4.93. The standard InChI is InChI=1S/C20H30N4O5S/c1-3-4-11-21-19(26)23-30(28,29)17-7-5-16(6-8-17)9-12-22-20(27)24-13-10-15(2)14-18(24)25/h5-8,15H,3-4,9-14H2,1-2H3,(H,22,27)(H2,21,23,26). The summed E-state index contributed by atoms with van der Waals surface area (Å²) in [5, 5.41) is 5.22. The van der Waals surface area contributed by atoms with Gasteiger partial charge in [-0.2, -0.15) is 0 Å². The lowest BCUT2D eigenvalue weighted by Crippen LogP contribution is -2.48. The Balaban J connectivity index is 1.82. The van der Waals surface area contributed by atoms with Gasteiger partial charge in [0.1, 0.15) is 0 Å². The highest BCUT2D eigenvalue weighted by Gasteiger charge is 2.27. The van der Waals surface area contributed by atoms with Gasteiger partial charge in [0, 0.05) is 26.1 Å². The number of nitrogens with zero attached hydrogens (tertiary/aromatic N) is 1. The molecule has 1 aliphatic rings. The van der Waals surface area contributed by atoms with Crippen molar-refractivity contribution in [2.45, 2.75) is 50.8 Å². The highest BCUT2D eigenvalue weighted by molar-refractivity contribution is 7.90. The van der Waals surface area contributed by atoms with E-state index in [0.717, 1.165) is 24.8 Å². The minimum absolute atomic E-state index is 0.0195. The third kappa shape index (κ3) is 7.01. The minimum atomic E-state index is -3.95. The van der Waals surface area contributed by atoms with Crippen LogP contribution in [0.5, 0.6) is 0 Å². The number of likely N-dealkylation sites (tertiary alicyclic amines) is 1. The van der Waals surface area contributed by atoms with Crippen LogP contribution in [0.25, 0.3) is 0 Å². The van der Waals surface area contributed by atoms with Crippen molar-refractivity contribution in [3.63, 3.8) is 0 Å². The third-order valence-electron chi connectivity index (χ3n) is 4.88. The van der Waals surface area contributed by atoms with Crippen LogP contribution < -0.4 is 15.4 Å². The molecule has 1 fully saturated rings. The van der Waals surface area contributed by atoms with E-state index in [9.17, 15) is 22.8 Å². The largest absolute Gasteiger partial charge is 0.337 e. The molecule has 1 atom stereocenters. The van der Waals surface area contributed by atoms with Crippen molar-refractivity contribution >= 4 is 28.0 Å². The van der Waals surface area contributed by atoms with Crippen LogP contribution in [-0.2, 0) is 21.2 Å². The molecule has 0 radical (unpaired) electrons. The van der Waals surface area contributed by atoms with E-state index < -0.39 is 22.1 Å². The molecule has 0 spiro atoms. The molecule has 1 aromatic rings. The average molecular weight is 439 g/mol. The number of unbranched alkanes of at least 4 members (excludes halogenated alkanes) is 1. The summed E-state index contributed by atoms with van der Waals surface area (Å²) in [5.74, 6) is 0.139. The number of carbonyl (C=O) groups is 3. The Bertz CT molecular complexity index is 854. The quantitative estimate of drug-likeness (QED) is 0.535. The van der Waals surface area contributed by atoms with Crippen LogP contribution in [-0.4, -0.2) is 50.9 Å². The van der Waals surface area contributed by atoms with Gasteiger partial charge >= 0.3 is 12.1 Å². The monoisotopic (exact) mass is 438 g/mol. The summed E-state index contributed by atoms with van der Waals surface area (Å²) in [6.45, 7) is 5.12. The number of urea groups is 2. The maximum atomic E-state index is 12.3. The number of amides is 5. The number of hydrogen-bond acceptors (Lipinski definition) is 5. The fraction of sp³-hybridized carbons (Fsp3) is 0.550. The number of piperidine rings is 1. The van der Waals surface area contributed by atoms with E-state index >= 15 is 0 Å². The molecular weight excluding hydrogens is 408 g/mol. The maximum absolute atomic E-state index is 12.3. The van der Waals surface area contributed by atoms with Gasteiger partial charge in [0.05, 0.1) is 4.90 Å². The highest BCUT2D eigenvalue weighted by atomic mass is 32.2. The first kappa shape index (κ1) is 23.7. The van der Waals surface area contributed by atoms with Crippen molar-refractivity contribution in [1.82, 2.24) is 20.3 Å². The van der Waals surface area contributed by atoms with Crippen molar-refractivity contribution < 1.29 is 22.8 Å². The molecule has 9 nitrogen and oxygen atoms in total. The topological polar surface area (TPSA) is 125 Å². The molecule has 0 bridgehead atoms. The molecule has 1 saturated heterocycles. The fourth-order valence-corrected chi connectivity index (χ4v) is 3.97. The Morgan fingerprint density at radius 1 is 1.13 bits per heavy atom. The van der Waals surface area contributed by atoms with E-state index in [1.165, 1.54) is 17.0 Å². The predicted molar refractivity (Wildman–Crippen MR) is 112 cm³/mol. The molecule has 10 heteroatoms. The molecule has 0 saturated carbocycles. The first-order valence-corrected chi connectivity index (χ1v) is 11.7. The Kier molecular flexibility index (Phi) is 8.64. The molecule has 1 aliphatic heterocycles. The molecule has 3 N–H and O–H groups in total. The van der Waals surface area contributed by atoms with E-state index in [-0.39, 0.29) is 10.8 Å². The summed E-state index contributed by atoms with van der Waals surface area (Å²) >= 11 is 0. The maximum Gasteiger partial charge on any atom is 0.328 e. The van der Waals surface area contributed by atoms with Crippen LogP contribution in [0, 0.1) is 5.92 Å². The summed E-state index contributed by atoms with van der Waals surface area (Å²) < 4.78 is 26.5. The van der Waals surface area contributed by atoms with Crippen LogP contribution in [0.15, 0.2) is 29.2 Å². The zero-order valence-electron chi connectivity index (χ0n) is 17.4. The van der Waals surface area contributed by atoms with E-state index in [1.807, 2.05) is 18.6 Å². The smallest absolute Gasteiger partial charge is 0.328 e. The SMILES string of the molecule is CCCCNC(=O)NS(=O)(=O)c1ccc(CCNC(=O)N2CCC(C)CC2=O)cc1. The number of rotatable bonds is 8. The number of carbonyl (C=O) groups excluding carboxylic acids is 3. The lowest BCUT2D eigenvalue weighted by atomic mass is 9.99. The van der Waals surface area contributed by atoms with Gasteiger partial charge in [-0.15, -0.1) is 0 Å². The van der Waals surface area contributed by atoms with Gasteiger partial charge in [-0.25, -0.2) is 22.7 Å². The number of hydrogen-bond donors (Lipinski definition) is 3. The first-order valence-electron chi connectivity index (χ1n) is 10.2.